The van der Waals surface area contributed by atoms with Crippen molar-refractivity contribution in [3.63, 3.8) is 0 Å². The second-order valence-corrected chi connectivity index (χ2v) is 4.29. The first-order valence-electron chi connectivity index (χ1n) is 7.01. The lowest BCUT2D eigenvalue weighted by atomic mass is 10.1. The van der Waals surface area contributed by atoms with Gasteiger partial charge in [0.1, 0.15) is 0 Å². The summed E-state index contributed by atoms with van der Waals surface area (Å²) in [5, 5.41) is 2.81. The molecule has 0 atom stereocenters. The molecule has 1 aromatic carbocycles. The van der Waals surface area contributed by atoms with Gasteiger partial charge in [0.25, 0.3) is 5.91 Å². The summed E-state index contributed by atoms with van der Waals surface area (Å²) in [5.74, 6) is -0.131. The molecular formula is C15H24N2O3. The molecule has 20 heavy (non-hydrogen) atoms. The van der Waals surface area contributed by atoms with Crippen LogP contribution in [0.5, 0.6) is 0 Å². The molecule has 0 radical (unpaired) electrons. The predicted molar refractivity (Wildman–Crippen MR) is 78.6 cm³/mol. The van der Waals surface area contributed by atoms with E-state index in [1.165, 1.54) is 0 Å². The number of carbonyl (C=O) groups excluding carboxylic acids is 1. The second kappa shape index (κ2) is 9.47. The Bertz CT molecular complexity index is 387. The number of rotatable bonds is 9. The zero-order valence-electron chi connectivity index (χ0n) is 12.2. The highest BCUT2D eigenvalue weighted by Crippen LogP contribution is 2.05. The van der Waals surface area contributed by atoms with Crippen LogP contribution in [-0.4, -0.2) is 38.5 Å². The molecule has 1 aromatic rings. The average molecular weight is 280 g/mol. The third kappa shape index (κ3) is 5.69. The third-order valence-electron chi connectivity index (χ3n) is 2.78. The minimum Gasteiger partial charge on any atom is -0.351 e. The Balaban J connectivity index is 2.48. The first-order valence-corrected chi connectivity index (χ1v) is 7.01. The molecule has 5 heteroatoms. The van der Waals surface area contributed by atoms with E-state index >= 15 is 0 Å². The van der Waals surface area contributed by atoms with Gasteiger partial charge < -0.3 is 20.5 Å². The molecule has 0 spiro atoms. The van der Waals surface area contributed by atoms with Crippen LogP contribution in [0, 0.1) is 0 Å². The van der Waals surface area contributed by atoms with Gasteiger partial charge in [0.2, 0.25) is 0 Å². The maximum Gasteiger partial charge on any atom is 0.251 e. The van der Waals surface area contributed by atoms with Gasteiger partial charge in [0.15, 0.2) is 6.29 Å². The summed E-state index contributed by atoms with van der Waals surface area (Å²) in [6.07, 6.45) is 0.420. The van der Waals surface area contributed by atoms with Crippen LogP contribution in [0.25, 0.3) is 0 Å². The molecule has 112 valence electrons. The largest absolute Gasteiger partial charge is 0.351 e. The van der Waals surface area contributed by atoms with Crippen LogP contribution in [0.15, 0.2) is 24.3 Å². The van der Waals surface area contributed by atoms with Crippen molar-refractivity contribution in [2.24, 2.45) is 5.73 Å². The maximum atomic E-state index is 12.0. The van der Waals surface area contributed by atoms with Gasteiger partial charge in [0, 0.05) is 18.8 Å². The van der Waals surface area contributed by atoms with E-state index in [1.54, 1.807) is 12.1 Å². The summed E-state index contributed by atoms with van der Waals surface area (Å²) in [6.45, 7) is 5.83. The number of hydrogen-bond acceptors (Lipinski definition) is 4. The van der Waals surface area contributed by atoms with E-state index in [0.717, 1.165) is 12.0 Å². The molecular weight excluding hydrogens is 256 g/mol. The Labute approximate surface area is 120 Å². The Morgan fingerprint density at radius 3 is 2.30 bits per heavy atom. The van der Waals surface area contributed by atoms with E-state index < -0.39 is 6.29 Å². The third-order valence-corrected chi connectivity index (χ3v) is 2.78. The van der Waals surface area contributed by atoms with Crippen molar-refractivity contribution in [3.05, 3.63) is 35.4 Å². The van der Waals surface area contributed by atoms with Gasteiger partial charge in [-0.2, -0.15) is 0 Å². The molecule has 0 saturated carbocycles. The molecule has 0 aromatic heterocycles. The maximum absolute atomic E-state index is 12.0. The summed E-state index contributed by atoms with van der Waals surface area (Å²) < 4.78 is 10.7. The summed E-state index contributed by atoms with van der Waals surface area (Å²) in [6, 6.07) is 7.45. The van der Waals surface area contributed by atoms with Crippen molar-refractivity contribution < 1.29 is 14.3 Å². The number of benzene rings is 1. The van der Waals surface area contributed by atoms with Gasteiger partial charge in [0.05, 0.1) is 6.54 Å². The van der Waals surface area contributed by atoms with Crippen LogP contribution in [0.4, 0.5) is 0 Å². The zero-order valence-corrected chi connectivity index (χ0v) is 12.2. The normalized spacial score (nSPS) is 10.8. The Kier molecular flexibility index (Phi) is 7.87. The van der Waals surface area contributed by atoms with Crippen LogP contribution in [0.2, 0.25) is 0 Å². The Hall–Kier alpha value is -1.43. The van der Waals surface area contributed by atoms with Crippen LogP contribution < -0.4 is 11.1 Å². The van der Waals surface area contributed by atoms with Crippen LogP contribution in [-0.2, 0) is 15.9 Å². The number of nitrogens with two attached hydrogens (primary N) is 1. The monoisotopic (exact) mass is 280 g/mol. The van der Waals surface area contributed by atoms with E-state index in [2.05, 4.69) is 5.32 Å². The van der Waals surface area contributed by atoms with Crippen molar-refractivity contribution in [1.82, 2.24) is 5.32 Å². The lowest BCUT2D eigenvalue weighted by Gasteiger charge is -2.17. The molecule has 0 heterocycles. The molecule has 0 fully saturated rings. The van der Waals surface area contributed by atoms with E-state index in [9.17, 15) is 4.79 Å². The molecule has 0 aliphatic rings. The van der Waals surface area contributed by atoms with E-state index in [-0.39, 0.29) is 5.91 Å². The average Bonchev–Trinajstić information content (AvgIpc) is 2.46. The smallest absolute Gasteiger partial charge is 0.251 e. The molecule has 0 bridgehead atoms. The van der Waals surface area contributed by atoms with E-state index in [4.69, 9.17) is 15.2 Å². The van der Waals surface area contributed by atoms with Gasteiger partial charge in [-0.3, -0.25) is 4.79 Å². The summed E-state index contributed by atoms with van der Waals surface area (Å²) >= 11 is 0. The fourth-order valence-electron chi connectivity index (χ4n) is 1.81. The highest BCUT2D eigenvalue weighted by Gasteiger charge is 2.11. The topological polar surface area (TPSA) is 73.6 Å². The van der Waals surface area contributed by atoms with Crippen molar-refractivity contribution in [3.8, 4) is 0 Å². The van der Waals surface area contributed by atoms with Crippen molar-refractivity contribution in [2.45, 2.75) is 26.6 Å². The van der Waals surface area contributed by atoms with Gasteiger partial charge >= 0.3 is 0 Å². The summed E-state index contributed by atoms with van der Waals surface area (Å²) in [7, 11) is 0. The van der Waals surface area contributed by atoms with Crippen molar-refractivity contribution in [1.29, 1.82) is 0 Å². The van der Waals surface area contributed by atoms with E-state index in [1.807, 2.05) is 26.0 Å². The minimum absolute atomic E-state index is 0.131. The SMILES string of the molecule is CCOC(CNC(=O)c1ccc(CCN)cc1)OCC. The molecule has 0 aliphatic heterocycles. The van der Waals surface area contributed by atoms with Gasteiger partial charge in [-0.05, 0) is 44.5 Å². The van der Waals surface area contributed by atoms with Crippen LogP contribution in [0.3, 0.4) is 0 Å². The molecule has 0 saturated heterocycles. The van der Waals surface area contributed by atoms with Gasteiger partial charge in [-0.15, -0.1) is 0 Å². The Morgan fingerprint density at radius 1 is 1.20 bits per heavy atom. The quantitative estimate of drug-likeness (QED) is 0.669. The number of nitrogens with one attached hydrogen (secondary N) is 1. The zero-order chi connectivity index (χ0) is 14.8. The lowest BCUT2D eigenvalue weighted by molar-refractivity contribution is -0.131. The van der Waals surface area contributed by atoms with Gasteiger partial charge in [-0.1, -0.05) is 12.1 Å². The first-order chi connectivity index (χ1) is 9.71. The lowest BCUT2D eigenvalue weighted by Crippen LogP contribution is -2.35. The predicted octanol–water partition coefficient (Wildman–Crippen LogP) is 1.32. The molecule has 1 amide bonds. The number of carbonyl (C=O) groups is 1. The number of amides is 1. The summed E-state index contributed by atoms with van der Waals surface area (Å²) in [4.78, 5) is 12.0. The number of ether oxygens (including phenoxy) is 2. The molecule has 0 unspecified atom stereocenters. The highest BCUT2D eigenvalue weighted by atomic mass is 16.7. The Morgan fingerprint density at radius 2 is 1.80 bits per heavy atom. The van der Waals surface area contributed by atoms with Crippen molar-refractivity contribution >= 4 is 5.91 Å². The van der Waals surface area contributed by atoms with E-state index in [0.29, 0.717) is 31.9 Å². The fraction of sp³-hybridized carbons (Fsp3) is 0.533. The highest BCUT2D eigenvalue weighted by molar-refractivity contribution is 5.94. The summed E-state index contributed by atoms with van der Waals surface area (Å²) in [5.41, 5.74) is 7.24. The second-order valence-electron chi connectivity index (χ2n) is 4.29. The van der Waals surface area contributed by atoms with Crippen LogP contribution in [0.1, 0.15) is 29.8 Å². The number of hydrogen-bond donors (Lipinski definition) is 2. The van der Waals surface area contributed by atoms with Crippen molar-refractivity contribution in [2.75, 3.05) is 26.3 Å². The molecule has 1 rings (SSSR count). The standard InChI is InChI=1S/C15H24N2O3/c1-3-19-14(20-4-2)11-17-15(18)13-7-5-12(6-8-13)9-10-16/h5-8,14H,3-4,9-11,16H2,1-2H3,(H,17,18). The van der Waals surface area contributed by atoms with Crippen LogP contribution >= 0.6 is 0 Å². The molecule has 3 N–H and O–H groups in total. The van der Waals surface area contributed by atoms with Gasteiger partial charge in [-0.25, -0.2) is 0 Å². The molecule has 0 aliphatic carbocycles. The molecule has 5 nitrogen and oxygen atoms in total. The first kappa shape index (κ1) is 16.6. The fourth-order valence-corrected chi connectivity index (χ4v) is 1.81. The minimum atomic E-state index is -0.398.